The van der Waals surface area contributed by atoms with Crippen LogP contribution in [-0.2, 0) is 6.54 Å². The van der Waals surface area contributed by atoms with Gasteiger partial charge >= 0.3 is 0 Å². The molecule has 2 aromatic carbocycles. The molecule has 0 unspecified atom stereocenters. The molecule has 0 saturated carbocycles. The summed E-state index contributed by atoms with van der Waals surface area (Å²) in [7, 11) is 0. The number of aromatic amines is 1. The summed E-state index contributed by atoms with van der Waals surface area (Å²) in [5, 5.41) is 1.25. The minimum atomic E-state index is -0.159. The summed E-state index contributed by atoms with van der Waals surface area (Å²) < 4.78 is 1.60. The first-order valence-corrected chi connectivity index (χ1v) is 7.97. The maximum atomic E-state index is 12.9. The van der Waals surface area contributed by atoms with Crippen molar-refractivity contribution in [2.24, 2.45) is 0 Å². The van der Waals surface area contributed by atoms with Gasteiger partial charge in [0.05, 0.1) is 6.54 Å². The van der Waals surface area contributed by atoms with Gasteiger partial charge in [-0.05, 0) is 11.6 Å². The molecular weight excluding hydrogens is 322 g/mol. The van der Waals surface area contributed by atoms with Crippen LogP contribution in [0.1, 0.15) is 5.56 Å². The Morgan fingerprint density at radius 1 is 1.04 bits per heavy atom. The summed E-state index contributed by atoms with van der Waals surface area (Å²) in [5.41, 5.74) is 2.96. The lowest BCUT2D eigenvalue weighted by atomic mass is 10.1. The van der Waals surface area contributed by atoms with Crippen molar-refractivity contribution < 1.29 is 0 Å². The highest BCUT2D eigenvalue weighted by Gasteiger charge is 2.14. The third kappa shape index (κ3) is 2.61. The number of nitrogens with zero attached hydrogens (tertiary/aromatic N) is 2. The molecule has 0 fully saturated rings. The van der Waals surface area contributed by atoms with E-state index in [0.717, 1.165) is 22.0 Å². The van der Waals surface area contributed by atoms with Crippen LogP contribution < -0.4 is 5.56 Å². The molecule has 24 heavy (non-hydrogen) atoms. The maximum Gasteiger partial charge on any atom is 0.277 e. The van der Waals surface area contributed by atoms with Crippen molar-refractivity contribution >= 4 is 22.5 Å². The van der Waals surface area contributed by atoms with Crippen LogP contribution in [0.15, 0.2) is 71.8 Å². The summed E-state index contributed by atoms with van der Waals surface area (Å²) in [4.78, 5) is 20.3. The van der Waals surface area contributed by atoms with E-state index < -0.39 is 0 Å². The normalized spacial score (nSPS) is 11.0. The van der Waals surface area contributed by atoms with Crippen LogP contribution in [0, 0.1) is 0 Å². The van der Waals surface area contributed by atoms with Crippen LogP contribution in [0.2, 0.25) is 5.15 Å². The van der Waals surface area contributed by atoms with Gasteiger partial charge in [-0.25, -0.2) is 4.98 Å². The third-order valence-electron chi connectivity index (χ3n) is 3.98. The Balaban J connectivity index is 1.86. The zero-order valence-electron chi connectivity index (χ0n) is 12.7. The average molecular weight is 336 g/mol. The van der Waals surface area contributed by atoms with Crippen molar-refractivity contribution in [3.8, 4) is 11.3 Å². The predicted molar refractivity (Wildman–Crippen MR) is 96.3 cm³/mol. The Kier molecular flexibility index (Phi) is 3.67. The second-order valence-electron chi connectivity index (χ2n) is 5.58. The summed E-state index contributed by atoms with van der Waals surface area (Å²) >= 11 is 6.18. The number of hydrogen-bond donors (Lipinski definition) is 1. The van der Waals surface area contributed by atoms with E-state index in [1.165, 1.54) is 0 Å². The van der Waals surface area contributed by atoms with Crippen molar-refractivity contribution in [1.82, 2.24) is 14.5 Å². The van der Waals surface area contributed by atoms with Crippen LogP contribution >= 0.6 is 11.6 Å². The fourth-order valence-corrected chi connectivity index (χ4v) is 3.05. The third-order valence-corrected chi connectivity index (χ3v) is 4.17. The van der Waals surface area contributed by atoms with Crippen LogP contribution in [0.4, 0.5) is 0 Å². The fraction of sp³-hybridized carbons (Fsp3) is 0.0526. The van der Waals surface area contributed by atoms with E-state index in [0.29, 0.717) is 17.4 Å². The fourth-order valence-electron chi connectivity index (χ4n) is 2.85. The molecule has 4 nitrogen and oxygen atoms in total. The van der Waals surface area contributed by atoms with Gasteiger partial charge in [0.2, 0.25) is 0 Å². The minimum Gasteiger partial charge on any atom is -0.360 e. The van der Waals surface area contributed by atoms with Gasteiger partial charge in [-0.2, -0.15) is 0 Å². The monoisotopic (exact) mass is 335 g/mol. The number of fused-ring (bicyclic) bond motifs is 1. The van der Waals surface area contributed by atoms with Crippen molar-refractivity contribution in [3.05, 3.63) is 88.1 Å². The molecule has 0 radical (unpaired) electrons. The van der Waals surface area contributed by atoms with Gasteiger partial charge in [-0.15, -0.1) is 0 Å². The zero-order valence-corrected chi connectivity index (χ0v) is 13.5. The Bertz CT molecular complexity index is 1070. The van der Waals surface area contributed by atoms with Crippen LogP contribution in [0.5, 0.6) is 0 Å². The van der Waals surface area contributed by atoms with E-state index in [4.69, 9.17) is 11.6 Å². The highest BCUT2D eigenvalue weighted by Crippen LogP contribution is 2.25. The molecule has 0 aliphatic rings. The molecule has 1 N–H and O–H groups in total. The topological polar surface area (TPSA) is 50.7 Å². The Hall–Kier alpha value is -2.85. The molecule has 2 heterocycles. The van der Waals surface area contributed by atoms with E-state index in [2.05, 4.69) is 9.97 Å². The van der Waals surface area contributed by atoms with Crippen LogP contribution in [0.25, 0.3) is 22.2 Å². The van der Waals surface area contributed by atoms with Crippen molar-refractivity contribution in [2.45, 2.75) is 6.54 Å². The maximum absolute atomic E-state index is 12.9. The first-order chi connectivity index (χ1) is 11.7. The quantitative estimate of drug-likeness (QED) is 0.613. The number of halogens is 1. The van der Waals surface area contributed by atoms with Crippen molar-refractivity contribution in [1.29, 1.82) is 0 Å². The second kappa shape index (κ2) is 5.98. The Morgan fingerprint density at radius 3 is 2.62 bits per heavy atom. The first-order valence-electron chi connectivity index (χ1n) is 7.60. The van der Waals surface area contributed by atoms with Crippen molar-refractivity contribution in [3.63, 3.8) is 0 Å². The van der Waals surface area contributed by atoms with Crippen LogP contribution in [0.3, 0.4) is 0 Å². The van der Waals surface area contributed by atoms with E-state index in [1.54, 1.807) is 17.0 Å². The van der Waals surface area contributed by atoms with Gasteiger partial charge in [0, 0.05) is 28.9 Å². The smallest absolute Gasteiger partial charge is 0.277 e. The summed E-state index contributed by atoms with van der Waals surface area (Å²) in [6, 6.07) is 17.6. The number of benzene rings is 2. The average Bonchev–Trinajstić information content (AvgIpc) is 3.03. The standard InChI is InChI=1S/C19H14ClN3O/c20-17-12-23(11-13-6-2-1-3-7-13)19(24)18(22-17)15-10-21-16-9-5-4-8-14(15)16/h1-10,12,21H,11H2. The zero-order chi connectivity index (χ0) is 16.5. The van der Waals surface area contributed by atoms with E-state index in [1.807, 2.05) is 54.6 Å². The molecule has 0 saturated heterocycles. The first kappa shape index (κ1) is 14.7. The van der Waals surface area contributed by atoms with Gasteiger partial charge in [-0.3, -0.25) is 4.79 Å². The number of hydrogen-bond acceptors (Lipinski definition) is 2. The summed E-state index contributed by atoms with van der Waals surface area (Å²) in [6.07, 6.45) is 3.38. The lowest BCUT2D eigenvalue weighted by Gasteiger charge is -2.08. The minimum absolute atomic E-state index is 0.159. The van der Waals surface area contributed by atoms with Gasteiger partial charge < -0.3 is 9.55 Å². The molecule has 0 atom stereocenters. The largest absolute Gasteiger partial charge is 0.360 e. The lowest BCUT2D eigenvalue weighted by Crippen LogP contribution is -2.23. The Labute approximate surface area is 143 Å². The highest BCUT2D eigenvalue weighted by atomic mass is 35.5. The number of H-pyrrole nitrogens is 1. The highest BCUT2D eigenvalue weighted by molar-refractivity contribution is 6.29. The lowest BCUT2D eigenvalue weighted by molar-refractivity contribution is 0.751. The molecule has 0 spiro atoms. The number of rotatable bonds is 3. The SMILES string of the molecule is O=c1c(-c2c[nH]c3ccccc23)nc(Cl)cn1Cc1ccccc1. The van der Waals surface area contributed by atoms with Crippen molar-refractivity contribution in [2.75, 3.05) is 0 Å². The molecule has 5 heteroatoms. The molecule has 0 aliphatic carbocycles. The molecule has 118 valence electrons. The number of para-hydroxylation sites is 1. The van der Waals surface area contributed by atoms with E-state index in [9.17, 15) is 4.79 Å². The van der Waals surface area contributed by atoms with E-state index in [-0.39, 0.29) is 5.56 Å². The predicted octanol–water partition coefficient (Wildman–Crippen LogP) is 4.09. The number of nitrogens with one attached hydrogen (secondary N) is 1. The molecule has 0 aliphatic heterocycles. The summed E-state index contributed by atoms with van der Waals surface area (Å²) in [5.74, 6) is 0. The molecular formula is C19H14ClN3O. The molecule has 0 bridgehead atoms. The van der Waals surface area contributed by atoms with Gasteiger partial charge in [0.15, 0.2) is 0 Å². The van der Waals surface area contributed by atoms with Crippen LogP contribution in [-0.4, -0.2) is 14.5 Å². The van der Waals surface area contributed by atoms with Gasteiger partial charge in [0.25, 0.3) is 5.56 Å². The second-order valence-corrected chi connectivity index (χ2v) is 5.97. The summed E-state index contributed by atoms with van der Waals surface area (Å²) in [6.45, 7) is 0.456. The molecule has 2 aromatic heterocycles. The molecule has 0 amide bonds. The Morgan fingerprint density at radius 2 is 1.79 bits per heavy atom. The van der Waals surface area contributed by atoms with Gasteiger partial charge in [0.1, 0.15) is 10.8 Å². The van der Waals surface area contributed by atoms with Gasteiger partial charge in [-0.1, -0.05) is 60.1 Å². The molecule has 4 aromatic rings. The van der Waals surface area contributed by atoms with E-state index >= 15 is 0 Å². The number of aromatic nitrogens is 3. The molecule has 4 rings (SSSR count).